The first-order valence-electron chi connectivity index (χ1n) is 8.43. The molecule has 1 amide bonds. The van der Waals surface area contributed by atoms with Crippen molar-refractivity contribution in [3.8, 4) is 5.75 Å². The molecule has 1 atom stereocenters. The fourth-order valence-corrected chi connectivity index (χ4v) is 2.98. The van der Waals surface area contributed by atoms with Crippen LogP contribution < -0.4 is 10.1 Å². The molecule has 8 heteroatoms. The van der Waals surface area contributed by atoms with Crippen LogP contribution in [0, 0.1) is 0 Å². The van der Waals surface area contributed by atoms with Crippen LogP contribution in [0.15, 0.2) is 60.9 Å². The van der Waals surface area contributed by atoms with Crippen LogP contribution in [0.25, 0.3) is 0 Å². The highest BCUT2D eigenvalue weighted by atomic mass is 35.5. The maximum absolute atomic E-state index is 12.1. The smallest absolute Gasteiger partial charge is 0.410 e. The van der Waals surface area contributed by atoms with Crippen LogP contribution in [0.3, 0.4) is 0 Å². The lowest BCUT2D eigenvalue weighted by molar-refractivity contribution is 0.171. The first-order chi connectivity index (χ1) is 13.5. The molecule has 3 aromatic rings. The Morgan fingerprint density at radius 1 is 1.00 bits per heavy atom. The Labute approximate surface area is 173 Å². The van der Waals surface area contributed by atoms with Crippen LogP contribution in [0.1, 0.15) is 17.2 Å². The average Bonchev–Trinajstić information content (AvgIpc) is 2.70. The predicted molar refractivity (Wildman–Crippen MR) is 110 cm³/mol. The van der Waals surface area contributed by atoms with Gasteiger partial charge in [-0.15, -0.1) is 0 Å². The molecule has 0 spiro atoms. The zero-order valence-electron chi connectivity index (χ0n) is 15.3. The number of nitrogens with one attached hydrogen (secondary N) is 1. The minimum absolute atomic E-state index is 0.394. The molecule has 0 radical (unpaired) electrons. The van der Waals surface area contributed by atoms with Crippen molar-refractivity contribution in [2.45, 2.75) is 6.04 Å². The van der Waals surface area contributed by atoms with Gasteiger partial charge in [0.2, 0.25) is 5.95 Å². The third-order valence-corrected chi connectivity index (χ3v) is 4.76. The van der Waals surface area contributed by atoms with Crippen LogP contribution in [-0.2, 0) is 0 Å². The number of rotatable bonds is 5. The molecule has 1 aromatic heterocycles. The van der Waals surface area contributed by atoms with E-state index in [1.54, 1.807) is 56.8 Å². The number of carbonyl (C=O) groups excluding carboxylic acids is 1. The van der Waals surface area contributed by atoms with E-state index in [-0.39, 0.29) is 0 Å². The third-order valence-electron chi connectivity index (χ3n) is 3.92. The minimum atomic E-state index is -0.500. The maximum atomic E-state index is 12.1. The lowest BCUT2D eigenvalue weighted by atomic mass is 9.97. The van der Waals surface area contributed by atoms with E-state index in [9.17, 15) is 4.79 Å². The van der Waals surface area contributed by atoms with E-state index >= 15 is 0 Å². The van der Waals surface area contributed by atoms with E-state index in [2.05, 4.69) is 15.3 Å². The van der Waals surface area contributed by atoms with Crippen LogP contribution in [0.4, 0.5) is 10.7 Å². The molecule has 0 bridgehead atoms. The van der Waals surface area contributed by atoms with Crippen LogP contribution in [0.2, 0.25) is 10.0 Å². The van der Waals surface area contributed by atoms with Gasteiger partial charge in [0.15, 0.2) is 0 Å². The number of carbonyl (C=O) groups is 1. The minimum Gasteiger partial charge on any atom is -0.410 e. The van der Waals surface area contributed by atoms with Crippen LogP contribution in [0.5, 0.6) is 5.75 Å². The van der Waals surface area contributed by atoms with Gasteiger partial charge < -0.3 is 15.0 Å². The molecule has 28 heavy (non-hydrogen) atoms. The second kappa shape index (κ2) is 8.91. The van der Waals surface area contributed by atoms with Crippen molar-refractivity contribution in [1.29, 1.82) is 0 Å². The molecule has 2 aromatic carbocycles. The summed E-state index contributed by atoms with van der Waals surface area (Å²) in [7, 11) is 3.23. The van der Waals surface area contributed by atoms with E-state index in [0.717, 1.165) is 0 Å². The number of nitrogens with zero attached hydrogens (tertiary/aromatic N) is 3. The molecular formula is C20H18Cl2N4O2. The van der Waals surface area contributed by atoms with Crippen LogP contribution in [-0.4, -0.2) is 35.1 Å². The summed E-state index contributed by atoms with van der Waals surface area (Å²) in [5.41, 5.74) is 1.39. The second-order valence-corrected chi connectivity index (χ2v) is 6.88. The monoisotopic (exact) mass is 416 g/mol. The normalized spacial score (nSPS) is 11.6. The summed E-state index contributed by atoms with van der Waals surface area (Å²) >= 11 is 12.7. The Hall–Kier alpha value is -2.83. The second-order valence-electron chi connectivity index (χ2n) is 6.09. The SMILES string of the molecule is CN(C)C(=O)Oc1ccccc1C(Nc1ncccn1)c1cccc(Cl)c1Cl. The summed E-state index contributed by atoms with van der Waals surface area (Å²) in [5.74, 6) is 0.794. The maximum Gasteiger partial charge on any atom is 0.414 e. The Bertz CT molecular complexity index is 967. The Balaban J connectivity index is 2.09. The van der Waals surface area contributed by atoms with Crippen LogP contribution >= 0.6 is 23.2 Å². The van der Waals surface area contributed by atoms with Gasteiger partial charge in [-0.3, -0.25) is 0 Å². The molecule has 0 fully saturated rings. The van der Waals surface area contributed by atoms with Gasteiger partial charge in [-0.05, 0) is 23.8 Å². The topological polar surface area (TPSA) is 67.3 Å². The fraction of sp³-hybridized carbons (Fsp3) is 0.150. The highest BCUT2D eigenvalue weighted by Crippen LogP contribution is 2.38. The lowest BCUT2D eigenvalue weighted by Gasteiger charge is -2.23. The van der Waals surface area contributed by atoms with E-state index < -0.39 is 12.1 Å². The summed E-state index contributed by atoms with van der Waals surface area (Å²) in [6, 6.07) is 13.8. The van der Waals surface area contributed by atoms with Crippen molar-refractivity contribution in [1.82, 2.24) is 14.9 Å². The van der Waals surface area contributed by atoms with Gasteiger partial charge in [0.05, 0.1) is 16.1 Å². The molecule has 1 heterocycles. The summed E-state index contributed by atoms with van der Waals surface area (Å²) in [4.78, 5) is 21.9. The lowest BCUT2D eigenvalue weighted by Crippen LogP contribution is -2.26. The average molecular weight is 417 g/mol. The van der Waals surface area contributed by atoms with E-state index in [4.69, 9.17) is 27.9 Å². The number of hydrogen-bond donors (Lipinski definition) is 1. The number of hydrogen-bond acceptors (Lipinski definition) is 5. The van der Waals surface area contributed by atoms with Gasteiger partial charge in [-0.1, -0.05) is 53.5 Å². The van der Waals surface area contributed by atoms with Crippen molar-refractivity contribution in [2.24, 2.45) is 0 Å². The molecule has 1 unspecified atom stereocenters. The van der Waals surface area contributed by atoms with Crippen molar-refractivity contribution in [3.63, 3.8) is 0 Å². The highest BCUT2D eigenvalue weighted by molar-refractivity contribution is 6.42. The molecule has 0 aliphatic heterocycles. The molecule has 0 aliphatic carbocycles. The van der Waals surface area contributed by atoms with Crippen molar-refractivity contribution in [3.05, 3.63) is 82.1 Å². The first kappa shape index (κ1) is 19.9. The molecule has 0 aliphatic rings. The fourth-order valence-electron chi connectivity index (χ4n) is 2.57. The number of halogens is 2. The molecule has 6 nitrogen and oxygen atoms in total. The first-order valence-corrected chi connectivity index (χ1v) is 9.18. The Kier molecular flexibility index (Phi) is 6.34. The molecule has 0 saturated carbocycles. The van der Waals surface area contributed by atoms with Gasteiger partial charge in [-0.2, -0.15) is 0 Å². The predicted octanol–water partition coefficient (Wildman–Crippen LogP) is 5.05. The molecular weight excluding hydrogens is 399 g/mol. The van der Waals surface area contributed by atoms with Crippen molar-refractivity contribution >= 4 is 35.2 Å². The Morgan fingerprint density at radius 2 is 1.68 bits per heavy atom. The van der Waals surface area contributed by atoms with Gasteiger partial charge in [0.1, 0.15) is 5.75 Å². The van der Waals surface area contributed by atoms with Gasteiger partial charge in [0.25, 0.3) is 0 Å². The van der Waals surface area contributed by atoms with Crippen molar-refractivity contribution in [2.75, 3.05) is 19.4 Å². The van der Waals surface area contributed by atoms with E-state index in [1.165, 1.54) is 4.90 Å². The number of benzene rings is 2. The third kappa shape index (κ3) is 4.52. The number of anilines is 1. The molecule has 0 saturated heterocycles. The summed E-state index contributed by atoms with van der Waals surface area (Å²) in [6.07, 6.45) is 2.77. The highest BCUT2D eigenvalue weighted by Gasteiger charge is 2.24. The Morgan fingerprint density at radius 3 is 2.39 bits per heavy atom. The van der Waals surface area contributed by atoms with Gasteiger partial charge in [-0.25, -0.2) is 14.8 Å². The number of aromatic nitrogens is 2. The molecule has 144 valence electrons. The standard InChI is InChI=1S/C20H18Cl2N4O2/c1-26(2)20(27)28-16-10-4-3-7-13(16)18(25-19-23-11-6-12-24-19)14-8-5-9-15(21)17(14)22/h3-12,18H,1-2H3,(H,23,24,25). The zero-order valence-corrected chi connectivity index (χ0v) is 16.8. The summed E-state index contributed by atoms with van der Waals surface area (Å²) in [6.45, 7) is 0. The number of amides is 1. The van der Waals surface area contributed by atoms with Gasteiger partial charge >= 0.3 is 6.09 Å². The summed E-state index contributed by atoms with van der Waals surface area (Å²) in [5, 5.41) is 4.07. The van der Waals surface area contributed by atoms with E-state index in [1.807, 2.05) is 18.2 Å². The van der Waals surface area contributed by atoms with Crippen molar-refractivity contribution < 1.29 is 9.53 Å². The van der Waals surface area contributed by atoms with Gasteiger partial charge in [0, 0.05) is 32.1 Å². The quantitative estimate of drug-likeness (QED) is 0.630. The summed E-state index contributed by atoms with van der Waals surface area (Å²) < 4.78 is 5.55. The zero-order chi connectivity index (χ0) is 20.1. The largest absolute Gasteiger partial charge is 0.414 e. The number of para-hydroxylation sites is 1. The molecule has 3 rings (SSSR count). The van der Waals surface area contributed by atoms with E-state index in [0.29, 0.717) is 32.9 Å². The number of ether oxygens (including phenoxy) is 1. The molecule has 1 N–H and O–H groups in total.